The number of alkyl carbamates (subject to hydrolysis) is 1. The van der Waals surface area contributed by atoms with Crippen LogP contribution in [0.1, 0.15) is 41.0 Å². The highest BCUT2D eigenvalue weighted by Crippen LogP contribution is 2.13. The third kappa shape index (κ3) is 6.12. The highest BCUT2D eigenvalue weighted by molar-refractivity contribution is 7.90. The Morgan fingerprint density at radius 1 is 1.38 bits per heavy atom. The summed E-state index contributed by atoms with van der Waals surface area (Å²) in [6, 6.07) is 0. The van der Waals surface area contributed by atoms with Crippen LogP contribution < -0.4 is 5.32 Å². The summed E-state index contributed by atoms with van der Waals surface area (Å²) in [5.74, 6) is 0. The molecule has 0 aromatic carbocycles. The van der Waals surface area contributed by atoms with E-state index in [0.29, 0.717) is 11.4 Å². The Bertz CT molecular complexity index is 593. The number of carbonyl (C=O) groups is 1. The normalized spacial score (nSPS) is 17.8. The quantitative estimate of drug-likeness (QED) is 0.867. The molecule has 0 atom stereocenters. The lowest BCUT2D eigenvalue weighted by atomic mass is 10.1. The van der Waals surface area contributed by atoms with E-state index in [4.69, 9.17) is 4.74 Å². The van der Waals surface area contributed by atoms with Gasteiger partial charge in [0.2, 0.25) is 0 Å². The summed E-state index contributed by atoms with van der Waals surface area (Å²) < 4.78 is 32.4. The molecule has 0 bridgehead atoms. The van der Waals surface area contributed by atoms with Crippen molar-refractivity contribution in [2.75, 3.05) is 0 Å². The summed E-state index contributed by atoms with van der Waals surface area (Å²) in [5.41, 5.74) is 0.342. The minimum absolute atomic E-state index is 0.238. The lowest BCUT2D eigenvalue weighted by Gasteiger charge is -2.21. The van der Waals surface area contributed by atoms with Gasteiger partial charge in [-0.3, -0.25) is 5.32 Å². The summed E-state index contributed by atoms with van der Waals surface area (Å²) in [5, 5.41) is 2.02. The van der Waals surface area contributed by atoms with Crippen LogP contribution in [0.15, 0.2) is 28.3 Å². The molecule has 118 valence electrons. The van der Waals surface area contributed by atoms with E-state index >= 15 is 0 Å². The number of rotatable bonds is 3. The fourth-order valence-electron chi connectivity index (χ4n) is 1.44. The molecule has 0 radical (unpaired) electrons. The molecular weight excluding hydrogens is 292 g/mol. The molecule has 0 unspecified atom stereocenters. The largest absolute Gasteiger partial charge is 0.444 e. The van der Waals surface area contributed by atoms with Gasteiger partial charge in [0.05, 0.1) is 11.0 Å². The number of ether oxygens (including phenoxy) is 1. The van der Waals surface area contributed by atoms with E-state index in [-0.39, 0.29) is 6.42 Å². The number of carbonyl (C=O) groups excluding carboxylic acids is 1. The first kappa shape index (κ1) is 17.4. The van der Waals surface area contributed by atoms with Gasteiger partial charge in [-0.25, -0.2) is 13.2 Å². The van der Waals surface area contributed by atoms with Crippen LogP contribution in [-0.2, 0) is 14.8 Å². The maximum absolute atomic E-state index is 11.8. The van der Waals surface area contributed by atoms with E-state index in [9.17, 15) is 13.2 Å². The van der Waals surface area contributed by atoms with E-state index in [0.717, 1.165) is 0 Å². The Labute approximate surface area is 126 Å². The fourth-order valence-corrected chi connectivity index (χ4v) is 2.10. The number of hydrogen-bond acceptors (Lipinski definition) is 4. The molecule has 0 aliphatic heterocycles. The zero-order valence-electron chi connectivity index (χ0n) is 13.0. The van der Waals surface area contributed by atoms with E-state index in [1.165, 1.54) is 0 Å². The number of hydrogen-bond donors (Lipinski definition) is 1. The SMILES string of the molecule is CC(C)S(=O)(=O)N=C1C=CC=C(NC(=O)OC(C)(C)C)C1. The second kappa shape index (κ2) is 6.43. The second-order valence-corrected chi connectivity index (χ2v) is 8.16. The number of amides is 1. The predicted molar refractivity (Wildman–Crippen MR) is 82.7 cm³/mol. The molecule has 0 saturated carbocycles. The smallest absolute Gasteiger partial charge is 0.411 e. The minimum Gasteiger partial charge on any atom is -0.444 e. The lowest BCUT2D eigenvalue weighted by Crippen LogP contribution is -2.33. The van der Waals surface area contributed by atoms with E-state index < -0.39 is 27.0 Å². The monoisotopic (exact) mass is 314 g/mol. The zero-order valence-corrected chi connectivity index (χ0v) is 13.8. The third-order valence-corrected chi connectivity index (χ3v) is 4.14. The molecule has 7 heteroatoms. The molecule has 1 N–H and O–H groups in total. The van der Waals surface area contributed by atoms with Gasteiger partial charge in [0, 0.05) is 12.1 Å². The van der Waals surface area contributed by atoms with Crippen LogP contribution in [0.2, 0.25) is 0 Å². The van der Waals surface area contributed by atoms with Gasteiger partial charge in [-0.15, -0.1) is 0 Å². The first-order chi connectivity index (χ1) is 9.49. The summed E-state index contributed by atoms with van der Waals surface area (Å²) >= 11 is 0. The van der Waals surface area contributed by atoms with E-state index in [2.05, 4.69) is 9.71 Å². The molecule has 1 aliphatic rings. The molecule has 1 amide bonds. The molecule has 0 spiro atoms. The summed E-state index contributed by atoms with van der Waals surface area (Å²) in [7, 11) is -3.51. The molecule has 6 nitrogen and oxygen atoms in total. The van der Waals surface area contributed by atoms with Gasteiger partial charge in [0.15, 0.2) is 0 Å². The van der Waals surface area contributed by atoms with Crippen molar-refractivity contribution in [2.45, 2.75) is 51.9 Å². The zero-order chi connectivity index (χ0) is 16.3. The molecule has 0 saturated heterocycles. The highest BCUT2D eigenvalue weighted by Gasteiger charge is 2.19. The van der Waals surface area contributed by atoms with Crippen LogP contribution in [0.25, 0.3) is 0 Å². The first-order valence-electron chi connectivity index (χ1n) is 6.69. The van der Waals surface area contributed by atoms with Crippen molar-refractivity contribution >= 4 is 21.8 Å². The van der Waals surface area contributed by atoms with Crippen LogP contribution in [0.5, 0.6) is 0 Å². The van der Waals surface area contributed by atoms with Crippen LogP contribution in [0.3, 0.4) is 0 Å². The molecule has 0 aromatic heterocycles. The van der Waals surface area contributed by atoms with Crippen molar-refractivity contribution in [3.63, 3.8) is 0 Å². The van der Waals surface area contributed by atoms with Crippen LogP contribution in [0, 0.1) is 0 Å². The topological polar surface area (TPSA) is 84.8 Å². The van der Waals surface area contributed by atoms with Crippen molar-refractivity contribution in [1.29, 1.82) is 0 Å². The maximum atomic E-state index is 11.8. The van der Waals surface area contributed by atoms with Gasteiger partial charge in [-0.2, -0.15) is 4.40 Å². The van der Waals surface area contributed by atoms with E-state index in [1.807, 2.05) is 0 Å². The Hall–Kier alpha value is -1.63. The van der Waals surface area contributed by atoms with E-state index in [1.54, 1.807) is 52.8 Å². The molecule has 1 aliphatic carbocycles. The van der Waals surface area contributed by atoms with Crippen molar-refractivity contribution < 1.29 is 17.9 Å². The Balaban J connectivity index is 2.75. The molecule has 0 heterocycles. The third-order valence-electron chi connectivity index (χ3n) is 2.46. The molecule has 0 fully saturated rings. The van der Waals surface area contributed by atoms with Crippen LogP contribution in [-0.4, -0.2) is 31.1 Å². The lowest BCUT2D eigenvalue weighted by molar-refractivity contribution is 0.0545. The van der Waals surface area contributed by atoms with Gasteiger partial charge in [0.1, 0.15) is 5.60 Å². The van der Waals surface area contributed by atoms with Gasteiger partial charge in [0.25, 0.3) is 10.0 Å². The minimum atomic E-state index is -3.51. The van der Waals surface area contributed by atoms with Gasteiger partial charge < -0.3 is 4.74 Å². The maximum Gasteiger partial charge on any atom is 0.411 e. The summed E-state index contributed by atoms with van der Waals surface area (Å²) in [6.07, 6.45) is 4.60. The number of allylic oxidation sites excluding steroid dienone is 4. The summed E-state index contributed by atoms with van der Waals surface area (Å²) in [6.45, 7) is 8.45. The van der Waals surface area contributed by atoms with Crippen molar-refractivity contribution in [2.24, 2.45) is 4.40 Å². The van der Waals surface area contributed by atoms with Crippen molar-refractivity contribution in [3.8, 4) is 0 Å². The van der Waals surface area contributed by atoms with Crippen molar-refractivity contribution in [1.82, 2.24) is 5.32 Å². The van der Waals surface area contributed by atoms with Crippen LogP contribution >= 0.6 is 0 Å². The first-order valence-corrected chi connectivity index (χ1v) is 8.20. The van der Waals surface area contributed by atoms with Crippen molar-refractivity contribution in [3.05, 3.63) is 23.9 Å². The molecule has 21 heavy (non-hydrogen) atoms. The standard InChI is InChI=1S/C14H22N2O4S/c1-10(2)21(18,19)16-12-8-6-7-11(9-12)15-13(17)20-14(3,4)5/h6-8,10H,9H2,1-5H3,(H,15,17). The Morgan fingerprint density at radius 2 is 2.00 bits per heavy atom. The highest BCUT2D eigenvalue weighted by atomic mass is 32.2. The van der Waals surface area contributed by atoms with Crippen LogP contribution in [0.4, 0.5) is 4.79 Å². The van der Waals surface area contributed by atoms with Gasteiger partial charge >= 0.3 is 6.09 Å². The Kier molecular flexibility index (Phi) is 5.33. The number of nitrogens with one attached hydrogen (secondary N) is 1. The Morgan fingerprint density at radius 3 is 2.52 bits per heavy atom. The molecular formula is C14H22N2O4S. The number of sulfonamides is 1. The number of nitrogens with zero attached hydrogens (tertiary/aromatic N) is 1. The molecule has 1 rings (SSSR count). The average molecular weight is 314 g/mol. The fraction of sp³-hybridized carbons (Fsp3) is 0.571. The predicted octanol–water partition coefficient (Wildman–Crippen LogP) is 2.53. The average Bonchev–Trinajstić information content (AvgIpc) is 2.25. The second-order valence-electron chi connectivity index (χ2n) is 6.00. The van der Waals surface area contributed by atoms with Gasteiger partial charge in [-0.05, 0) is 46.8 Å². The van der Waals surface area contributed by atoms with Gasteiger partial charge in [-0.1, -0.05) is 6.08 Å². The molecule has 0 aromatic rings. The summed E-state index contributed by atoms with van der Waals surface area (Å²) in [4.78, 5) is 11.7.